The van der Waals surface area contributed by atoms with E-state index in [1.165, 1.54) is 17.4 Å². The van der Waals surface area contributed by atoms with Crippen molar-refractivity contribution in [1.29, 1.82) is 0 Å². The Morgan fingerprint density at radius 1 is 1.23 bits per heavy atom. The van der Waals surface area contributed by atoms with Crippen LogP contribution in [-0.2, 0) is 22.4 Å². The van der Waals surface area contributed by atoms with E-state index in [0.717, 1.165) is 40.7 Å². The average molecular weight is 498 g/mol. The third kappa shape index (κ3) is 5.42. The molecule has 0 bridgehead atoms. The van der Waals surface area contributed by atoms with Crippen LogP contribution in [0.4, 0.5) is 5.00 Å². The number of hydrogen-bond donors (Lipinski definition) is 1. The summed E-state index contributed by atoms with van der Waals surface area (Å²) in [5.74, 6) is 0.125. The lowest BCUT2D eigenvalue weighted by Gasteiger charge is -2.33. The van der Waals surface area contributed by atoms with Gasteiger partial charge < -0.3 is 19.2 Å². The molecule has 35 heavy (non-hydrogen) atoms. The van der Waals surface area contributed by atoms with Gasteiger partial charge in [0.25, 0.3) is 5.91 Å². The molecule has 0 aliphatic heterocycles. The van der Waals surface area contributed by atoms with E-state index in [2.05, 4.69) is 26.1 Å². The molecule has 1 aliphatic carbocycles. The summed E-state index contributed by atoms with van der Waals surface area (Å²) >= 11 is 1.45. The summed E-state index contributed by atoms with van der Waals surface area (Å²) in [6.07, 6.45) is 2.66. The van der Waals surface area contributed by atoms with E-state index >= 15 is 0 Å². The monoisotopic (exact) mass is 497 g/mol. The zero-order valence-corrected chi connectivity index (χ0v) is 21.6. The molecule has 1 aliphatic rings. The van der Waals surface area contributed by atoms with Crippen molar-refractivity contribution in [1.82, 2.24) is 0 Å². The van der Waals surface area contributed by atoms with Crippen molar-refractivity contribution in [2.75, 3.05) is 18.5 Å². The largest absolute Gasteiger partial charge is 0.484 e. The molecule has 1 aromatic carbocycles. The van der Waals surface area contributed by atoms with Crippen LogP contribution < -0.4 is 15.7 Å². The van der Waals surface area contributed by atoms with Crippen molar-refractivity contribution in [3.05, 3.63) is 56.3 Å². The van der Waals surface area contributed by atoms with Crippen LogP contribution >= 0.6 is 11.3 Å². The van der Waals surface area contributed by atoms with Gasteiger partial charge in [-0.05, 0) is 67.7 Å². The van der Waals surface area contributed by atoms with Gasteiger partial charge in [-0.3, -0.25) is 4.79 Å². The molecule has 1 amide bonds. The van der Waals surface area contributed by atoms with Crippen LogP contribution in [0.5, 0.6) is 5.75 Å². The number of aryl methyl sites for hydroxylation is 1. The smallest absolute Gasteiger partial charge is 0.341 e. The molecular weight excluding hydrogens is 466 g/mol. The summed E-state index contributed by atoms with van der Waals surface area (Å²) in [6, 6.07) is 6.54. The Kier molecular flexibility index (Phi) is 7.03. The zero-order chi connectivity index (χ0) is 25.3. The number of amides is 1. The fourth-order valence-electron chi connectivity index (χ4n) is 4.54. The summed E-state index contributed by atoms with van der Waals surface area (Å²) in [4.78, 5) is 38.4. The fourth-order valence-corrected chi connectivity index (χ4v) is 5.87. The molecule has 0 fully saturated rings. The average Bonchev–Trinajstić information content (AvgIpc) is 3.13. The van der Waals surface area contributed by atoms with Crippen molar-refractivity contribution in [3.63, 3.8) is 0 Å². The number of fused-ring (bicyclic) bond motifs is 2. The van der Waals surface area contributed by atoms with Gasteiger partial charge in [0, 0.05) is 22.4 Å². The van der Waals surface area contributed by atoms with Gasteiger partial charge in [0.1, 0.15) is 16.3 Å². The number of ether oxygens (including phenoxy) is 2. The number of esters is 1. The Labute approximate surface area is 208 Å². The maximum atomic E-state index is 12.8. The van der Waals surface area contributed by atoms with E-state index in [4.69, 9.17) is 13.9 Å². The molecule has 1 N–H and O–H groups in total. The summed E-state index contributed by atoms with van der Waals surface area (Å²) in [5.41, 5.74) is 2.40. The number of thiophene rings is 1. The third-order valence-electron chi connectivity index (χ3n) is 6.52. The molecular formula is C27H31NO6S. The first-order chi connectivity index (χ1) is 16.6. The lowest BCUT2D eigenvalue weighted by molar-refractivity contribution is -0.118. The van der Waals surface area contributed by atoms with Crippen molar-refractivity contribution >= 4 is 39.2 Å². The van der Waals surface area contributed by atoms with E-state index in [9.17, 15) is 14.4 Å². The number of hydrogen-bond acceptors (Lipinski definition) is 7. The minimum Gasteiger partial charge on any atom is -0.484 e. The minimum absolute atomic E-state index is 0.167. The lowest BCUT2D eigenvalue weighted by atomic mass is 9.72. The molecule has 186 valence electrons. The van der Waals surface area contributed by atoms with Gasteiger partial charge in [-0.25, -0.2) is 9.59 Å². The van der Waals surface area contributed by atoms with Crippen LogP contribution in [0.2, 0.25) is 0 Å². The number of rotatable bonds is 6. The summed E-state index contributed by atoms with van der Waals surface area (Å²) in [6.45, 7) is 10.3. The highest BCUT2D eigenvalue weighted by molar-refractivity contribution is 7.17. The predicted octanol–water partition coefficient (Wildman–Crippen LogP) is 5.51. The van der Waals surface area contributed by atoms with Gasteiger partial charge in [0.2, 0.25) is 0 Å². The molecule has 4 rings (SSSR count). The highest BCUT2D eigenvalue weighted by atomic mass is 32.1. The van der Waals surface area contributed by atoms with E-state index in [0.29, 0.717) is 27.8 Å². The number of carbonyl (C=O) groups is 2. The Bertz CT molecular complexity index is 1330. The fraction of sp³-hybridized carbons (Fsp3) is 0.444. The number of carbonyl (C=O) groups excluding carboxylic acids is 2. The molecule has 2 heterocycles. The standard InChI is InChI=1S/C27H31NO6S/c1-6-32-26(31)24-19-9-7-16(27(3,4)5)12-21(19)35-25(24)28-22(29)14-33-17-8-10-18-15(2)11-23(30)34-20(18)13-17/h8,10-11,13,16H,6-7,9,12,14H2,1-5H3,(H,28,29). The Balaban J connectivity index is 1.52. The topological polar surface area (TPSA) is 94.8 Å². The molecule has 3 aromatic rings. The normalized spacial score (nSPS) is 15.5. The van der Waals surface area contributed by atoms with Gasteiger partial charge in [-0.1, -0.05) is 20.8 Å². The summed E-state index contributed by atoms with van der Waals surface area (Å²) in [7, 11) is 0. The molecule has 7 nitrogen and oxygen atoms in total. The van der Waals surface area contributed by atoms with Crippen LogP contribution in [0.3, 0.4) is 0 Å². The maximum Gasteiger partial charge on any atom is 0.341 e. The summed E-state index contributed by atoms with van der Waals surface area (Å²) in [5, 5.41) is 4.18. The second kappa shape index (κ2) is 9.85. The van der Waals surface area contributed by atoms with Crippen molar-refractivity contribution < 1.29 is 23.5 Å². The first-order valence-corrected chi connectivity index (χ1v) is 12.7. The molecule has 0 saturated carbocycles. The molecule has 2 aromatic heterocycles. The first-order valence-electron chi connectivity index (χ1n) is 11.9. The number of nitrogens with one attached hydrogen (secondary N) is 1. The van der Waals surface area contributed by atoms with Gasteiger partial charge in [-0.15, -0.1) is 11.3 Å². The van der Waals surface area contributed by atoms with Crippen molar-refractivity contribution in [2.24, 2.45) is 11.3 Å². The SMILES string of the molecule is CCOC(=O)c1c(NC(=O)COc2ccc3c(C)cc(=O)oc3c2)sc2c1CCC(C(C)(C)C)C2. The maximum absolute atomic E-state index is 12.8. The number of benzene rings is 1. The zero-order valence-electron chi connectivity index (χ0n) is 20.8. The van der Waals surface area contributed by atoms with Crippen molar-refractivity contribution in [3.8, 4) is 5.75 Å². The highest BCUT2D eigenvalue weighted by Crippen LogP contribution is 2.44. The van der Waals surface area contributed by atoms with Crippen LogP contribution in [0.25, 0.3) is 11.0 Å². The molecule has 8 heteroatoms. The Hall–Kier alpha value is -3.13. The minimum atomic E-state index is -0.438. The van der Waals surface area contributed by atoms with Gasteiger partial charge in [0.15, 0.2) is 6.61 Å². The predicted molar refractivity (Wildman–Crippen MR) is 137 cm³/mol. The quantitative estimate of drug-likeness (QED) is 0.357. The van der Waals surface area contributed by atoms with E-state index in [-0.39, 0.29) is 24.5 Å². The third-order valence-corrected chi connectivity index (χ3v) is 7.69. The van der Waals surface area contributed by atoms with Crippen molar-refractivity contribution in [2.45, 2.75) is 53.9 Å². The lowest BCUT2D eigenvalue weighted by Crippen LogP contribution is -2.26. The Morgan fingerprint density at radius 2 is 2.00 bits per heavy atom. The van der Waals surface area contributed by atoms with Gasteiger partial charge in [-0.2, -0.15) is 0 Å². The van der Waals surface area contributed by atoms with E-state index in [1.807, 2.05) is 6.92 Å². The van der Waals surface area contributed by atoms with Gasteiger partial charge >= 0.3 is 11.6 Å². The van der Waals surface area contributed by atoms with Crippen LogP contribution in [0.1, 0.15) is 60.5 Å². The van der Waals surface area contributed by atoms with E-state index in [1.54, 1.807) is 25.1 Å². The van der Waals surface area contributed by atoms with Crippen LogP contribution in [0.15, 0.2) is 33.5 Å². The first kappa shape index (κ1) is 25.0. The molecule has 1 unspecified atom stereocenters. The van der Waals surface area contributed by atoms with Crippen LogP contribution in [-0.4, -0.2) is 25.1 Å². The van der Waals surface area contributed by atoms with E-state index < -0.39 is 11.6 Å². The van der Waals surface area contributed by atoms with Gasteiger partial charge in [0.05, 0.1) is 12.2 Å². The highest BCUT2D eigenvalue weighted by Gasteiger charge is 2.34. The molecule has 0 radical (unpaired) electrons. The van der Waals surface area contributed by atoms with Crippen LogP contribution in [0, 0.1) is 18.3 Å². The molecule has 1 atom stereocenters. The Morgan fingerprint density at radius 3 is 2.71 bits per heavy atom. The second-order valence-electron chi connectivity index (χ2n) is 9.98. The summed E-state index contributed by atoms with van der Waals surface area (Å²) < 4.78 is 16.2. The second-order valence-corrected chi connectivity index (χ2v) is 11.1. The number of anilines is 1. The molecule has 0 saturated heterocycles. The molecule has 0 spiro atoms.